The minimum absolute atomic E-state index is 0. The van der Waals surface area contributed by atoms with Crippen LogP contribution in [0.15, 0.2) is 0 Å². The molecule has 0 aromatic carbocycles. The number of amides is 1. The summed E-state index contributed by atoms with van der Waals surface area (Å²) < 4.78 is 0. The quantitative estimate of drug-likeness (QED) is 0.427. The molecule has 1 rings (SSSR count). The molecule has 0 saturated carbocycles. The minimum atomic E-state index is 0. The van der Waals surface area contributed by atoms with Crippen LogP contribution in [0, 0.1) is 0 Å². The predicted molar refractivity (Wildman–Crippen MR) is 32.6 cm³/mol. The fourth-order valence-corrected chi connectivity index (χ4v) is 0.783. The van der Waals surface area contributed by atoms with Crippen LogP contribution in [0.25, 0.3) is 0 Å². The van der Waals surface area contributed by atoms with Gasteiger partial charge in [-0.2, -0.15) is 0 Å². The maximum absolute atomic E-state index is 10.5. The number of carbonyl (C=O) groups is 1. The molecule has 0 aliphatic carbocycles. The van der Waals surface area contributed by atoms with Crippen LogP contribution in [-0.2, 0) is 4.79 Å². The summed E-state index contributed by atoms with van der Waals surface area (Å²) in [5, 5.41) is 0. The Balaban J connectivity index is 0.000000490. The third-order valence-electron chi connectivity index (χ3n) is 1.31. The molecule has 1 aliphatic rings. The molecule has 0 aromatic rings. The molecule has 8 heavy (non-hydrogen) atoms. The van der Waals surface area contributed by atoms with Gasteiger partial charge >= 0.3 is 0 Å². The summed E-state index contributed by atoms with van der Waals surface area (Å²) in [7, 11) is 1.84. The molecular formula is C5H9KNO. The van der Waals surface area contributed by atoms with Crippen molar-refractivity contribution in [1.82, 2.24) is 4.90 Å². The number of nitrogens with zero attached hydrogens (tertiary/aromatic N) is 1. The molecule has 41 valence electrons. The summed E-state index contributed by atoms with van der Waals surface area (Å²) in [4.78, 5) is 12.3. The third-order valence-corrected chi connectivity index (χ3v) is 1.31. The maximum atomic E-state index is 10.5. The molecule has 1 amide bonds. The van der Waals surface area contributed by atoms with E-state index in [1.165, 1.54) is 0 Å². The topological polar surface area (TPSA) is 20.3 Å². The Bertz CT molecular complexity index is 94.4. The van der Waals surface area contributed by atoms with E-state index in [0.717, 1.165) is 19.4 Å². The van der Waals surface area contributed by atoms with Gasteiger partial charge in [0.1, 0.15) is 0 Å². The summed E-state index contributed by atoms with van der Waals surface area (Å²) in [5.41, 5.74) is 0. The van der Waals surface area contributed by atoms with Crippen molar-refractivity contribution >= 4 is 57.3 Å². The summed E-state index contributed by atoms with van der Waals surface area (Å²) in [6, 6.07) is 0. The summed E-state index contributed by atoms with van der Waals surface area (Å²) in [6.07, 6.45) is 1.81. The third kappa shape index (κ3) is 2.15. The van der Waals surface area contributed by atoms with E-state index in [1.807, 2.05) is 7.05 Å². The minimum Gasteiger partial charge on any atom is -0.346 e. The first-order valence-electron chi connectivity index (χ1n) is 2.54. The summed E-state index contributed by atoms with van der Waals surface area (Å²) >= 11 is 0. The Morgan fingerprint density at radius 3 is 2.38 bits per heavy atom. The van der Waals surface area contributed by atoms with Gasteiger partial charge in [-0.05, 0) is 6.42 Å². The van der Waals surface area contributed by atoms with Crippen LogP contribution in [-0.4, -0.2) is 75.8 Å². The molecule has 1 saturated heterocycles. The number of hydrogen-bond acceptors (Lipinski definition) is 1. The average Bonchev–Trinajstić information content (AvgIpc) is 1.91. The fraction of sp³-hybridized carbons (Fsp3) is 0.800. The van der Waals surface area contributed by atoms with Gasteiger partial charge < -0.3 is 4.90 Å². The van der Waals surface area contributed by atoms with E-state index in [2.05, 4.69) is 0 Å². The van der Waals surface area contributed by atoms with Crippen molar-refractivity contribution in [2.75, 3.05) is 13.6 Å². The summed E-state index contributed by atoms with van der Waals surface area (Å²) in [5.74, 6) is 0.292. The first-order valence-corrected chi connectivity index (χ1v) is 2.54. The van der Waals surface area contributed by atoms with E-state index in [4.69, 9.17) is 0 Å². The number of likely N-dealkylation sites (tertiary alicyclic amines) is 1. The van der Waals surface area contributed by atoms with Crippen LogP contribution < -0.4 is 0 Å². The van der Waals surface area contributed by atoms with Crippen LogP contribution >= 0.6 is 0 Å². The van der Waals surface area contributed by atoms with Crippen LogP contribution in [0.1, 0.15) is 12.8 Å². The second-order valence-electron chi connectivity index (χ2n) is 1.92. The van der Waals surface area contributed by atoms with Crippen molar-refractivity contribution in [1.29, 1.82) is 0 Å². The van der Waals surface area contributed by atoms with Gasteiger partial charge in [0.05, 0.1) is 0 Å². The molecule has 1 heterocycles. The van der Waals surface area contributed by atoms with Gasteiger partial charge in [0, 0.05) is 71.4 Å². The SMILES string of the molecule is CN1CCCC1=O.[K]. The van der Waals surface area contributed by atoms with E-state index in [1.54, 1.807) is 4.90 Å². The zero-order chi connectivity index (χ0) is 5.28. The molecule has 0 unspecified atom stereocenters. The Kier molecular flexibility index (Phi) is 4.56. The van der Waals surface area contributed by atoms with Gasteiger partial charge in [-0.15, -0.1) is 0 Å². The number of hydrogen-bond donors (Lipinski definition) is 0. The van der Waals surface area contributed by atoms with Gasteiger partial charge in [-0.3, -0.25) is 4.79 Å². The van der Waals surface area contributed by atoms with Gasteiger partial charge in [0.2, 0.25) is 5.91 Å². The molecule has 0 aromatic heterocycles. The smallest absolute Gasteiger partial charge is 0.222 e. The Morgan fingerprint density at radius 1 is 1.62 bits per heavy atom. The molecule has 0 N–H and O–H groups in total. The molecule has 1 radical (unpaired) electrons. The average molecular weight is 138 g/mol. The molecule has 0 bridgehead atoms. The van der Waals surface area contributed by atoms with E-state index in [-0.39, 0.29) is 51.4 Å². The van der Waals surface area contributed by atoms with Crippen molar-refractivity contribution in [3.63, 3.8) is 0 Å². The predicted octanol–water partition coefficient (Wildman–Crippen LogP) is -0.142. The molecule has 0 spiro atoms. The van der Waals surface area contributed by atoms with Gasteiger partial charge in [0.25, 0.3) is 0 Å². The van der Waals surface area contributed by atoms with Crippen LogP contribution in [0.5, 0.6) is 0 Å². The van der Waals surface area contributed by atoms with Crippen LogP contribution in [0.4, 0.5) is 0 Å². The van der Waals surface area contributed by atoms with E-state index < -0.39 is 0 Å². The zero-order valence-corrected chi connectivity index (χ0v) is 8.60. The fourth-order valence-electron chi connectivity index (χ4n) is 0.783. The first-order chi connectivity index (χ1) is 3.30. The first kappa shape index (κ1) is 9.11. The Labute approximate surface area is 92.0 Å². The van der Waals surface area contributed by atoms with E-state index in [0.29, 0.717) is 5.91 Å². The standard InChI is InChI=1S/C5H9NO.K/c1-6-4-2-3-5(6)7;/h2-4H2,1H3;. The van der Waals surface area contributed by atoms with Crippen LogP contribution in [0.2, 0.25) is 0 Å². The van der Waals surface area contributed by atoms with Crippen LogP contribution in [0.3, 0.4) is 0 Å². The van der Waals surface area contributed by atoms with Crippen molar-refractivity contribution in [3.05, 3.63) is 0 Å². The second-order valence-corrected chi connectivity index (χ2v) is 1.92. The monoisotopic (exact) mass is 138 g/mol. The van der Waals surface area contributed by atoms with E-state index in [9.17, 15) is 4.79 Å². The van der Waals surface area contributed by atoms with Crippen molar-refractivity contribution in [2.24, 2.45) is 0 Å². The van der Waals surface area contributed by atoms with Gasteiger partial charge in [0.15, 0.2) is 0 Å². The molecule has 0 atom stereocenters. The molecule has 3 heteroatoms. The molecule has 1 aliphatic heterocycles. The van der Waals surface area contributed by atoms with Gasteiger partial charge in [-0.1, -0.05) is 0 Å². The van der Waals surface area contributed by atoms with Crippen molar-refractivity contribution in [3.8, 4) is 0 Å². The Morgan fingerprint density at radius 2 is 2.25 bits per heavy atom. The number of carbonyl (C=O) groups excluding carboxylic acids is 1. The zero-order valence-electron chi connectivity index (χ0n) is 5.48. The van der Waals surface area contributed by atoms with Crippen molar-refractivity contribution in [2.45, 2.75) is 12.8 Å². The molecule has 1 fully saturated rings. The Hall–Kier alpha value is 1.11. The summed E-state index contributed by atoms with van der Waals surface area (Å²) in [6.45, 7) is 0.957. The molecular weight excluding hydrogens is 129 g/mol. The molecule has 2 nitrogen and oxygen atoms in total. The van der Waals surface area contributed by atoms with E-state index >= 15 is 0 Å². The normalized spacial score (nSPS) is 18.6. The van der Waals surface area contributed by atoms with Gasteiger partial charge in [-0.25, -0.2) is 0 Å². The second kappa shape index (κ2) is 4.01. The number of rotatable bonds is 0. The maximum Gasteiger partial charge on any atom is 0.222 e. The largest absolute Gasteiger partial charge is 0.346 e. The van der Waals surface area contributed by atoms with Crippen molar-refractivity contribution < 1.29 is 4.79 Å².